The van der Waals surface area contributed by atoms with E-state index < -0.39 is 0 Å². The minimum absolute atomic E-state index is 0.135. The van der Waals surface area contributed by atoms with E-state index in [-0.39, 0.29) is 6.29 Å². The summed E-state index contributed by atoms with van der Waals surface area (Å²) in [6.45, 7) is 1.34. The summed E-state index contributed by atoms with van der Waals surface area (Å²) in [6, 6.07) is 9.62. The third-order valence-electron chi connectivity index (χ3n) is 2.15. The van der Waals surface area contributed by atoms with Crippen molar-refractivity contribution in [3.8, 4) is 6.07 Å². The SMILES string of the molecule is N#Cc1cccc(CC2OCCO2)c1. The maximum Gasteiger partial charge on any atom is 0.161 e. The highest BCUT2D eigenvalue weighted by molar-refractivity contribution is 5.32. The molecule has 1 aromatic rings. The molecule has 0 unspecified atom stereocenters. The molecule has 1 heterocycles. The monoisotopic (exact) mass is 189 g/mol. The van der Waals surface area contributed by atoms with Crippen LogP contribution in [0.15, 0.2) is 24.3 Å². The Bertz CT molecular complexity index is 351. The van der Waals surface area contributed by atoms with E-state index in [2.05, 4.69) is 6.07 Å². The number of benzene rings is 1. The number of hydrogen-bond acceptors (Lipinski definition) is 3. The summed E-state index contributed by atoms with van der Waals surface area (Å²) in [4.78, 5) is 0. The van der Waals surface area contributed by atoms with Crippen molar-refractivity contribution in [3.63, 3.8) is 0 Å². The van der Waals surface area contributed by atoms with Crippen molar-refractivity contribution in [2.24, 2.45) is 0 Å². The summed E-state index contributed by atoms with van der Waals surface area (Å²) in [5.41, 5.74) is 1.76. The van der Waals surface area contributed by atoms with E-state index in [1.165, 1.54) is 0 Å². The normalized spacial score (nSPS) is 16.8. The van der Waals surface area contributed by atoms with Gasteiger partial charge in [0.05, 0.1) is 24.8 Å². The van der Waals surface area contributed by atoms with Crippen LogP contribution in [0.3, 0.4) is 0 Å². The first-order valence-electron chi connectivity index (χ1n) is 4.61. The van der Waals surface area contributed by atoms with Crippen LogP contribution in [0.1, 0.15) is 11.1 Å². The van der Waals surface area contributed by atoms with Crippen LogP contribution < -0.4 is 0 Å². The molecule has 2 rings (SSSR count). The van der Waals surface area contributed by atoms with Gasteiger partial charge in [0.2, 0.25) is 0 Å². The maximum absolute atomic E-state index is 8.71. The second kappa shape index (κ2) is 4.23. The van der Waals surface area contributed by atoms with Gasteiger partial charge in [-0.1, -0.05) is 12.1 Å². The molecule has 0 aromatic heterocycles. The van der Waals surface area contributed by atoms with Crippen molar-refractivity contribution in [3.05, 3.63) is 35.4 Å². The molecule has 0 spiro atoms. The van der Waals surface area contributed by atoms with E-state index in [0.29, 0.717) is 18.8 Å². The summed E-state index contributed by atoms with van der Waals surface area (Å²) >= 11 is 0. The molecule has 1 aromatic carbocycles. The molecule has 1 fully saturated rings. The predicted octanol–water partition coefficient (Wildman–Crippen LogP) is 1.47. The smallest absolute Gasteiger partial charge is 0.161 e. The third-order valence-corrected chi connectivity index (χ3v) is 2.15. The van der Waals surface area contributed by atoms with Crippen LogP contribution in [0, 0.1) is 11.3 Å². The summed E-state index contributed by atoms with van der Waals surface area (Å²) in [7, 11) is 0. The van der Waals surface area contributed by atoms with Gasteiger partial charge in [-0.2, -0.15) is 5.26 Å². The van der Waals surface area contributed by atoms with Crippen LogP contribution in [0.25, 0.3) is 0 Å². The standard InChI is InChI=1S/C11H11NO2/c12-8-10-3-1-2-9(6-10)7-11-13-4-5-14-11/h1-3,6,11H,4-5,7H2. The average Bonchev–Trinajstić information content (AvgIpc) is 2.71. The molecule has 3 heteroatoms. The van der Waals surface area contributed by atoms with Crippen molar-refractivity contribution in [2.45, 2.75) is 12.7 Å². The fourth-order valence-electron chi connectivity index (χ4n) is 1.49. The van der Waals surface area contributed by atoms with Crippen molar-refractivity contribution < 1.29 is 9.47 Å². The van der Waals surface area contributed by atoms with Gasteiger partial charge in [0, 0.05) is 6.42 Å². The summed E-state index contributed by atoms with van der Waals surface area (Å²) in [6.07, 6.45) is 0.583. The highest BCUT2D eigenvalue weighted by atomic mass is 16.7. The molecule has 0 N–H and O–H groups in total. The number of rotatable bonds is 2. The first-order chi connectivity index (χ1) is 6.88. The van der Waals surface area contributed by atoms with Gasteiger partial charge in [-0.3, -0.25) is 0 Å². The fourth-order valence-corrected chi connectivity index (χ4v) is 1.49. The molecule has 0 atom stereocenters. The Balaban J connectivity index is 2.05. The second-order valence-electron chi connectivity index (χ2n) is 3.19. The third kappa shape index (κ3) is 2.11. The Morgan fingerprint density at radius 1 is 1.36 bits per heavy atom. The van der Waals surface area contributed by atoms with E-state index in [1.807, 2.05) is 18.2 Å². The lowest BCUT2D eigenvalue weighted by Gasteiger charge is -2.08. The average molecular weight is 189 g/mol. The lowest BCUT2D eigenvalue weighted by Crippen LogP contribution is -2.11. The van der Waals surface area contributed by atoms with Gasteiger partial charge in [0.1, 0.15) is 0 Å². The van der Waals surface area contributed by atoms with Crippen molar-refractivity contribution >= 4 is 0 Å². The van der Waals surface area contributed by atoms with Crippen LogP contribution in [0.5, 0.6) is 0 Å². The van der Waals surface area contributed by atoms with E-state index >= 15 is 0 Å². The first kappa shape index (κ1) is 9.20. The lowest BCUT2D eigenvalue weighted by molar-refractivity contribution is -0.0399. The lowest BCUT2D eigenvalue weighted by atomic mass is 10.1. The molecule has 72 valence electrons. The van der Waals surface area contributed by atoms with E-state index in [9.17, 15) is 0 Å². The number of hydrogen-bond donors (Lipinski definition) is 0. The summed E-state index contributed by atoms with van der Waals surface area (Å²) in [5.74, 6) is 0. The van der Waals surface area contributed by atoms with Gasteiger partial charge < -0.3 is 9.47 Å². The Morgan fingerprint density at radius 2 is 2.14 bits per heavy atom. The predicted molar refractivity (Wildman–Crippen MR) is 50.6 cm³/mol. The molecule has 0 bridgehead atoms. The topological polar surface area (TPSA) is 42.2 Å². The number of nitrogens with zero attached hydrogens (tertiary/aromatic N) is 1. The Morgan fingerprint density at radius 3 is 2.86 bits per heavy atom. The van der Waals surface area contributed by atoms with Crippen LogP contribution >= 0.6 is 0 Å². The molecule has 0 aliphatic carbocycles. The minimum atomic E-state index is -0.135. The highest BCUT2D eigenvalue weighted by Gasteiger charge is 2.16. The molecule has 0 amide bonds. The zero-order valence-corrected chi connectivity index (χ0v) is 7.77. The number of ether oxygens (including phenoxy) is 2. The van der Waals surface area contributed by atoms with Crippen LogP contribution in [-0.4, -0.2) is 19.5 Å². The molecule has 0 saturated carbocycles. The second-order valence-corrected chi connectivity index (χ2v) is 3.19. The molecule has 3 nitrogen and oxygen atoms in total. The first-order valence-corrected chi connectivity index (χ1v) is 4.61. The van der Waals surface area contributed by atoms with Gasteiger partial charge in [-0.15, -0.1) is 0 Å². The van der Waals surface area contributed by atoms with Crippen molar-refractivity contribution in [2.75, 3.05) is 13.2 Å². The summed E-state index contributed by atoms with van der Waals surface area (Å²) in [5, 5.41) is 8.71. The van der Waals surface area contributed by atoms with Crippen molar-refractivity contribution in [1.82, 2.24) is 0 Å². The van der Waals surface area contributed by atoms with E-state index in [4.69, 9.17) is 14.7 Å². The summed E-state index contributed by atoms with van der Waals surface area (Å²) < 4.78 is 10.7. The maximum atomic E-state index is 8.71. The number of nitriles is 1. The van der Waals surface area contributed by atoms with Gasteiger partial charge in [0.25, 0.3) is 0 Å². The molecular weight excluding hydrogens is 178 g/mol. The minimum Gasteiger partial charge on any atom is -0.350 e. The molecule has 0 radical (unpaired) electrons. The zero-order chi connectivity index (χ0) is 9.80. The van der Waals surface area contributed by atoms with Crippen LogP contribution in [0.4, 0.5) is 0 Å². The fraction of sp³-hybridized carbons (Fsp3) is 0.364. The van der Waals surface area contributed by atoms with Gasteiger partial charge in [-0.05, 0) is 17.7 Å². The van der Waals surface area contributed by atoms with Crippen LogP contribution in [-0.2, 0) is 15.9 Å². The van der Waals surface area contributed by atoms with Gasteiger partial charge >= 0.3 is 0 Å². The van der Waals surface area contributed by atoms with Crippen molar-refractivity contribution in [1.29, 1.82) is 5.26 Å². The van der Waals surface area contributed by atoms with Crippen LogP contribution in [0.2, 0.25) is 0 Å². The quantitative estimate of drug-likeness (QED) is 0.707. The van der Waals surface area contributed by atoms with Gasteiger partial charge in [0.15, 0.2) is 6.29 Å². The zero-order valence-electron chi connectivity index (χ0n) is 7.77. The molecule has 1 aliphatic heterocycles. The van der Waals surface area contributed by atoms with E-state index in [1.54, 1.807) is 6.07 Å². The largest absolute Gasteiger partial charge is 0.350 e. The molecule has 1 saturated heterocycles. The Labute approximate surface area is 82.9 Å². The van der Waals surface area contributed by atoms with Gasteiger partial charge in [-0.25, -0.2) is 0 Å². The Kier molecular flexibility index (Phi) is 2.78. The molecule has 1 aliphatic rings. The highest BCUT2D eigenvalue weighted by Crippen LogP contribution is 2.12. The molecule has 14 heavy (non-hydrogen) atoms. The Hall–Kier alpha value is -1.37. The van der Waals surface area contributed by atoms with E-state index in [0.717, 1.165) is 12.0 Å². The molecular formula is C11H11NO2.